The van der Waals surface area contributed by atoms with Crippen molar-refractivity contribution in [1.82, 2.24) is 9.21 Å². The van der Waals surface area contributed by atoms with Crippen molar-refractivity contribution >= 4 is 19.9 Å². The van der Waals surface area contributed by atoms with Crippen molar-refractivity contribution in [2.45, 2.75) is 30.1 Å². The molecule has 0 spiro atoms. The molecule has 2 rings (SSSR count). The van der Waals surface area contributed by atoms with Crippen LogP contribution in [0.25, 0.3) is 0 Å². The lowest BCUT2D eigenvalue weighted by Gasteiger charge is -2.34. The number of hydrogen-bond acceptors (Lipinski definition) is 5. The molecule has 0 aromatic heterocycles. The Balaban J connectivity index is 2.04. The summed E-state index contributed by atoms with van der Waals surface area (Å²) in [7, 11) is -6.89. The Morgan fingerprint density at radius 3 is 1.88 bits per heavy atom. The molecule has 1 aromatic rings. The first-order valence-corrected chi connectivity index (χ1v) is 11.5. The molecule has 136 valence electrons. The molecule has 0 radical (unpaired) electrons. The molecule has 0 atom stereocenters. The second-order valence-corrected chi connectivity index (χ2v) is 10.6. The van der Waals surface area contributed by atoms with Crippen LogP contribution in [0.1, 0.15) is 20.3 Å². The van der Waals surface area contributed by atoms with Gasteiger partial charge in [0.1, 0.15) is 0 Å². The van der Waals surface area contributed by atoms with Gasteiger partial charge in [0.15, 0.2) is 9.84 Å². The van der Waals surface area contributed by atoms with E-state index in [9.17, 15) is 16.8 Å². The third-order valence-corrected chi connectivity index (χ3v) is 7.28. The van der Waals surface area contributed by atoms with Gasteiger partial charge in [0.05, 0.1) is 9.79 Å². The fourth-order valence-electron chi connectivity index (χ4n) is 2.64. The number of piperazine rings is 1. The zero-order chi connectivity index (χ0) is 18.0. The SMILES string of the molecule is CC(C)CCN1CCN(S(=O)(=O)c2ccc(S(C)(=O)=O)cc2)CC1. The van der Waals surface area contributed by atoms with E-state index < -0.39 is 19.9 Å². The van der Waals surface area contributed by atoms with E-state index in [1.54, 1.807) is 0 Å². The van der Waals surface area contributed by atoms with Crippen LogP contribution in [0.15, 0.2) is 34.1 Å². The maximum absolute atomic E-state index is 12.7. The van der Waals surface area contributed by atoms with Gasteiger partial charge in [0.25, 0.3) is 0 Å². The van der Waals surface area contributed by atoms with Crippen LogP contribution in [0.3, 0.4) is 0 Å². The highest BCUT2D eigenvalue weighted by molar-refractivity contribution is 7.90. The Morgan fingerprint density at radius 2 is 1.42 bits per heavy atom. The minimum absolute atomic E-state index is 0.125. The molecule has 0 saturated carbocycles. The summed E-state index contributed by atoms with van der Waals surface area (Å²) in [6.07, 6.45) is 2.21. The molecule has 6 nitrogen and oxygen atoms in total. The van der Waals surface area contributed by atoms with Gasteiger partial charge in [0.2, 0.25) is 10.0 Å². The second-order valence-electron chi connectivity index (χ2n) is 6.67. The predicted octanol–water partition coefficient (Wildman–Crippen LogP) is 1.44. The summed E-state index contributed by atoms with van der Waals surface area (Å²) < 4.78 is 49.8. The van der Waals surface area contributed by atoms with Crippen molar-refractivity contribution in [3.63, 3.8) is 0 Å². The van der Waals surface area contributed by atoms with Crippen molar-refractivity contribution in [3.8, 4) is 0 Å². The molecule has 24 heavy (non-hydrogen) atoms. The zero-order valence-electron chi connectivity index (χ0n) is 14.5. The summed E-state index contributed by atoms with van der Waals surface area (Å²) in [6, 6.07) is 5.44. The highest BCUT2D eigenvalue weighted by Crippen LogP contribution is 2.20. The minimum Gasteiger partial charge on any atom is -0.301 e. The van der Waals surface area contributed by atoms with E-state index in [0.717, 1.165) is 32.3 Å². The third-order valence-electron chi connectivity index (χ3n) is 4.24. The van der Waals surface area contributed by atoms with Gasteiger partial charge in [-0.1, -0.05) is 13.8 Å². The van der Waals surface area contributed by atoms with Gasteiger partial charge in [-0.25, -0.2) is 16.8 Å². The van der Waals surface area contributed by atoms with Crippen LogP contribution in [0, 0.1) is 5.92 Å². The average Bonchev–Trinajstić information content (AvgIpc) is 2.52. The standard InChI is InChI=1S/C16H26N2O4S2/c1-14(2)8-9-17-10-12-18(13-11-17)24(21,22)16-6-4-15(5-7-16)23(3,19)20/h4-7,14H,8-13H2,1-3H3. The Kier molecular flexibility index (Phi) is 6.06. The molecule has 1 aliphatic heterocycles. The van der Waals surface area contributed by atoms with E-state index in [-0.39, 0.29) is 9.79 Å². The number of sulfone groups is 1. The maximum Gasteiger partial charge on any atom is 0.243 e. The van der Waals surface area contributed by atoms with Gasteiger partial charge >= 0.3 is 0 Å². The van der Waals surface area contributed by atoms with Crippen LogP contribution in [-0.2, 0) is 19.9 Å². The predicted molar refractivity (Wildman–Crippen MR) is 94.2 cm³/mol. The van der Waals surface area contributed by atoms with Crippen LogP contribution in [0.4, 0.5) is 0 Å². The molecule has 1 aliphatic rings. The van der Waals surface area contributed by atoms with E-state index in [2.05, 4.69) is 18.7 Å². The summed E-state index contributed by atoms with van der Waals surface area (Å²) in [5.41, 5.74) is 0. The van der Waals surface area contributed by atoms with Crippen molar-refractivity contribution < 1.29 is 16.8 Å². The van der Waals surface area contributed by atoms with E-state index in [1.807, 2.05) is 0 Å². The molecule has 8 heteroatoms. The largest absolute Gasteiger partial charge is 0.301 e. The lowest BCUT2D eigenvalue weighted by molar-refractivity contribution is 0.180. The third kappa shape index (κ3) is 4.78. The number of sulfonamides is 1. The zero-order valence-corrected chi connectivity index (χ0v) is 16.1. The number of rotatable bonds is 6. The monoisotopic (exact) mass is 374 g/mol. The molecule has 0 unspecified atom stereocenters. The van der Waals surface area contributed by atoms with Gasteiger partial charge in [0, 0.05) is 32.4 Å². The van der Waals surface area contributed by atoms with Gasteiger partial charge in [-0.2, -0.15) is 4.31 Å². The molecule has 1 saturated heterocycles. The Hall–Kier alpha value is -0.960. The first-order chi connectivity index (χ1) is 11.1. The van der Waals surface area contributed by atoms with Crippen LogP contribution in [0.5, 0.6) is 0 Å². The second kappa shape index (κ2) is 7.51. The summed E-state index contributed by atoms with van der Waals surface area (Å²) in [5.74, 6) is 0.639. The van der Waals surface area contributed by atoms with Crippen molar-refractivity contribution in [2.24, 2.45) is 5.92 Å². The Morgan fingerprint density at radius 1 is 0.917 bits per heavy atom. The first kappa shape index (κ1) is 19.4. The van der Waals surface area contributed by atoms with Crippen molar-refractivity contribution in [2.75, 3.05) is 39.0 Å². The molecule has 0 bridgehead atoms. The molecule has 0 amide bonds. The fourth-order valence-corrected chi connectivity index (χ4v) is 4.69. The molecule has 1 fully saturated rings. The van der Waals surface area contributed by atoms with Gasteiger partial charge in [-0.05, 0) is 43.1 Å². The highest BCUT2D eigenvalue weighted by Gasteiger charge is 2.28. The number of hydrogen-bond donors (Lipinski definition) is 0. The van der Waals surface area contributed by atoms with Crippen LogP contribution in [-0.4, -0.2) is 65.0 Å². The molecule has 1 heterocycles. The molecule has 0 aliphatic carbocycles. The summed E-state index contributed by atoms with van der Waals surface area (Å²) in [4.78, 5) is 2.56. The average molecular weight is 375 g/mol. The maximum atomic E-state index is 12.7. The van der Waals surface area contributed by atoms with Gasteiger partial charge in [-0.3, -0.25) is 0 Å². The van der Waals surface area contributed by atoms with E-state index in [0.29, 0.717) is 19.0 Å². The highest BCUT2D eigenvalue weighted by atomic mass is 32.2. The van der Waals surface area contributed by atoms with Crippen molar-refractivity contribution in [3.05, 3.63) is 24.3 Å². The fraction of sp³-hybridized carbons (Fsp3) is 0.625. The van der Waals surface area contributed by atoms with Gasteiger partial charge in [-0.15, -0.1) is 0 Å². The smallest absolute Gasteiger partial charge is 0.243 e. The lowest BCUT2D eigenvalue weighted by atomic mass is 10.1. The summed E-state index contributed by atoms with van der Waals surface area (Å²) >= 11 is 0. The lowest BCUT2D eigenvalue weighted by Crippen LogP contribution is -2.48. The minimum atomic E-state index is -3.57. The summed E-state index contributed by atoms with van der Waals surface area (Å²) in [6.45, 7) is 7.75. The quantitative estimate of drug-likeness (QED) is 0.753. The number of benzene rings is 1. The molecular weight excluding hydrogens is 348 g/mol. The molecule has 1 aromatic carbocycles. The van der Waals surface area contributed by atoms with Gasteiger partial charge < -0.3 is 4.90 Å². The van der Waals surface area contributed by atoms with E-state index in [1.165, 1.54) is 28.6 Å². The molecular formula is C16H26N2O4S2. The first-order valence-electron chi connectivity index (χ1n) is 8.13. The normalized spacial score (nSPS) is 18.2. The molecule has 0 N–H and O–H groups in total. The van der Waals surface area contributed by atoms with Crippen LogP contribution < -0.4 is 0 Å². The van der Waals surface area contributed by atoms with E-state index in [4.69, 9.17) is 0 Å². The number of nitrogens with zero attached hydrogens (tertiary/aromatic N) is 2. The van der Waals surface area contributed by atoms with Crippen LogP contribution >= 0.6 is 0 Å². The topological polar surface area (TPSA) is 74.8 Å². The Bertz CT molecular complexity index is 748. The van der Waals surface area contributed by atoms with Crippen molar-refractivity contribution in [1.29, 1.82) is 0 Å². The summed E-state index contributed by atoms with van der Waals surface area (Å²) in [5, 5.41) is 0. The Labute approximate surface area is 145 Å². The van der Waals surface area contributed by atoms with Crippen LogP contribution in [0.2, 0.25) is 0 Å². The van der Waals surface area contributed by atoms with E-state index >= 15 is 0 Å².